The number of benzene rings is 1. The van der Waals surface area contributed by atoms with Gasteiger partial charge in [-0.05, 0) is 17.9 Å². The zero-order valence-electron chi connectivity index (χ0n) is 20.0. The van der Waals surface area contributed by atoms with E-state index < -0.39 is 0 Å². The number of esters is 1. The summed E-state index contributed by atoms with van der Waals surface area (Å²) >= 11 is 0. The number of rotatable bonds is 12. The van der Waals surface area contributed by atoms with Crippen LogP contribution in [0, 0.1) is 11.8 Å². The van der Waals surface area contributed by atoms with Gasteiger partial charge in [0.2, 0.25) is 11.8 Å². The molecule has 7 heteroatoms. The molecule has 0 aliphatic heterocycles. The second kappa shape index (κ2) is 12.4. The van der Waals surface area contributed by atoms with Gasteiger partial charge in [-0.25, -0.2) is 0 Å². The fraction of sp³-hybridized carbons (Fsp3) is 0.625. The Balaban J connectivity index is 2.72. The summed E-state index contributed by atoms with van der Waals surface area (Å²) < 4.78 is 4.63. The monoisotopic (exact) mass is 433 g/mol. The number of nitrogens with one attached hydrogen (secondary N) is 2. The van der Waals surface area contributed by atoms with E-state index in [1.54, 1.807) is 11.9 Å². The van der Waals surface area contributed by atoms with Crippen LogP contribution in [0.1, 0.15) is 46.6 Å². The number of nitrogens with zero attached hydrogens (tertiary/aromatic N) is 1. The third-order valence-corrected chi connectivity index (χ3v) is 6.04. The number of ether oxygens (including phenoxy) is 1. The molecule has 0 aliphatic rings. The summed E-state index contributed by atoms with van der Waals surface area (Å²) in [7, 11) is 3.06. The van der Waals surface area contributed by atoms with Crippen LogP contribution in [-0.4, -0.2) is 62.5 Å². The third-order valence-electron chi connectivity index (χ3n) is 6.04. The second-order valence-corrected chi connectivity index (χ2v) is 8.79. The molecule has 0 bridgehead atoms. The quantitative estimate of drug-likeness (QED) is 0.494. The summed E-state index contributed by atoms with van der Waals surface area (Å²) in [6, 6.07) is 9.85. The van der Waals surface area contributed by atoms with Crippen molar-refractivity contribution in [2.45, 2.75) is 52.5 Å². The number of hydrogen-bond donors (Lipinski definition) is 2. The van der Waals surface area contributed by atoms with Gasteiger partial charge >= 0.3 is 5.97 Å². The molecule has 174 valence electrons. The van der Waals surface area contributed by atoms with Crippen LogP contribution in [0.2, 0.25) is 0 Å². The Labute approximate surface area is 186 Å². The molecule has 1 aromatic carbocycles. The summed E-state index contributed by atoms with van der Waals surface area (Å²) in [5.41, 5.74) is 0.741. The zero-order valence-corrected chi connectivity index (χ0v) is 20.0. The molecule has 0 aromatic heterocycles. The van der Waals surface area contributed by atoms with Crippen molar-refractivity contribution in [3.05, 3.63) is 35.9 Å². The van der Waals surface area contributed by atoms with Gasteiger partial charge in [0.1, 0.15) is 0 Å². The molecule has 0 saturated carbocycles. The molecule has 2 amide bonds. The topological polar surface area (TPSA) is 87.7 Å². The Kier molecular flexibility index (Phi) is 10.7. The largest absolute Gasteiger partial charge is 0.468 e. The molecule has 0 aliphatic carbocycles. The molecule has 2 N–H and O–H groups in total. The lowest BCUT2D eigenvalue weighted by Crippen LogP contribution is -2.51. The SMILES string of the molecule is CC[C@H](C(=O)NCC(=O)N(C)[C@H](CNCC(=O)OC)C(C)C)C(C)(C)c1ccccc1. The van der Waals surface area contributed by atoms with Crippen LogP contribution in [0.3, 0.4) is 0 Å². The van der Waals surface area contributed by atoms with Gasteiger partial charge in [-0.3, -0.25) is 14.4 Å². The first-order valence-electron chi connectivity index (χ1n) is 10.9. The standard InChI is InChI=1S/C24H39N3O4/c1-8-19(24(4,5)18-12-10-9-11-13-18)23(30)26-15-21(28)27(6)20(17(2)3)14-25-16-22(29)31-7/h9-13,17,19-20,25H,8,14-16H2,1-7H3,(H,26,30)/t19-,20-/m1/s1. The van der Waals surface area contributed by atoms with Crippen molar-refractivity contribution in [3.8, 4) is 0 Å². The Hall–Kier alpha value is -2.41. The molecular weight excluding hydrogens is 394 g/mol. The minimum absolute atomic E-state index is 0.0586. The fourth-order valence-corrected chi connectivity index (χ4v) is 3.90. The van der Waals surface area contributed by atoms with Crippen LogP contribution in [0.4, 0.5) is 0 Å². The number of carbonyl (C=O) groups excluding carboxylic acids is 3. The number of amides is 2. The summed E-state index contributed by atoms with van der Waals surface area (Å²) in [5, 5.41) is 5.87. The van der Waals surface area contributed by atoms with Crippen LogP contribution in [0.5, 0.6) is 0 Å². The smallest absolute Gasteiger partial charge is 0.319 e. The highest BCUT2D eigenvalue weighted by atomic mass is 16.5. The Morgan fingerprint density at radius 1 is 1.10 bits per heavy atom. The van der Waals surface area contributed by atoms with Gasteiger partial charge in [-0.1, -0.05) is 65.0 Å². The summed E-state index contributed by atoms with van der Waals surface area (Å²) in [6.45, 7) is 10.6. The van der Waals surface area contributed by atoms with E-state index in [4.69, 9.17) is 0 Å². The predicted molar refractivity (Wildman–Crippen MR) is 123 cm³/mol. The van der Waals surface area contributed by atoms with Crippen molar-refractivity contribution in [3.63, 3.8) is 0 Å². The van der Waals surface area contributed by atoms with Crippen LogP contribution < -0.4 is 10.6 Å². The first-order valence-corrected chi connectivity index (χ1v) is 10.9. The number of hydrogen-bond acceptors (Lipinski definition) is 5. The van der Waals surface area contributed by atoms with Gasteiger partial charge in [0, 0.05) is 31.0 Å². The van der Waals surface area contributed by atoms with Crippen LogP contribution >= 0.6 is 0 Å². The molecule has 7 nitrogen and oxygen atoms in total. The van der Waals surface area contributed by atoms with Crippen LogP contribution in [-0.2, 0) is 24.5 Å². The highest BCUT2D eigenvalue weighted by molar-refractivity contribution is 5.86. The van der Waals surface area contributed by atoms with Gasteiger partial charge in [0.05, 0.1) is 20.2 Å². The summed E-state index contributed by atoms with van der Waals surface area (Å²) in [6.07, 6.45) is 0.670. The van der Waals surface area contributed by atoms with Gasteiger partial charge in [-0.15, -0.1) is 0 Å². The van der Waals surface area contributed by atoms with E-state index in [-0.39, 0.29) is 54.2 Å². The Morgan fingerprint density at radius 3 is 2.23 bits per heavy atom. The molecule has 1 rings (SSSR count). The molecule has 1 aromatic rings. The number of likely N-dealkylation sites (N-methyl/N-ethyl adjacent to an activating group) is 1. The highest BCUT2D eigenvalue weighted by Gasteiger charge is 2.35. The average molecular weight is 434 g/mol. The first kappa shape index (κ1) is 26.6. The maximum absolute atomic E-state index is 13.0. The van der Waals surface area contributed by atoms with E-state index in [0.29, 0.717) is 13.0 Å². The lowest BCUT2D eigenvalue weighted by atomic mass is 9.71. The molecule has 0 heterocycles. The van der Waals surface area contributed by atoms with E-state index in [1.165, 1.54) is 7.11 Å². The van der Waals surface area contributed by atoms with Crippen LogP contribution in [0.15, 0.2) is 30.3 Å². The molecule has 0 fully saturated rings. The molecule has 0 unspecified atom stereocenters. The minimum atomic E-state index is -0.354. The summed E-state index contributed by atoms with van der Waals surface area (Å²) in [4.78, 5) is 38.7. The number of carbonyl (C=O) groups is 3. The van der Waals surface area contributed by atoms with Crippen molar-refractivity contribution >= 4 is 17.8 Å². The maximum atomic E-state index is 13.0. The molecule has 2 atom stereocenters. The minimum Gasteiger partial charge on any atom is -0.468 e. The molecule has 0 spiro atoms. The van der Waals surface area contributed by atoms with Crippen molar-refractivity contribution < 1.29 is 19.1 Å². The fourth-order valence-electron chi connectivity index (χ4n) is 3.90. The Bertz CT molecular complexity index is 719. The van der Waals surface area contributed by atoms with Crippen LogP contribution in [0.25, 0.3) is 0 Å². The van der Waals surface area contributed by atoms with Crippen molar-refractivity contribution in [2.24, 2.45) is 11.8 Å². The lowest BCUT2D eigenvalue weighted by Gasteiger charge is -2.34. The predicted octanol–water partition coefficient (Wildman–Crippen LogP) is 2.35. The second-order valence-electron chi connectivity index (χ2n) is 8.79. The zero-order chi connectivity index (χ0) is 23.6. The van der Waals surface area contributed by atoms with E-state index >= 15 is 0 Å². The van der Waals surface area contributed by atoms with Crippen molar-refractivity contribution in [1.29, 1.82) is 0 Å². The highest BCUT2D eigenvalue weighted by Crippen LogP contribution is 2.33. The van der Waals surface area contributed by atoms with E-state index in [0.717, 1.165) is 5.56 Å². The van der Waals surface area contributed by atoms with Gasteiger partial charge < -0.3 is 20.3 Å². The summed E-state index contributed by atoms with van der Waals surface area (Å²) in [5.74, 6) is -0.719. The molecule has 0 radical (unpaired) electrons. The maximum Gasteiger partial charge on any atom is 0.319 e. The first-order chi connectivity index (χ1) is 14.6. The average Bonchev–Trinajstić information content (AvgIpc) is 2.74. The normalized spacial score (nSPS) is 13.4. The number of methoxy groups -OCH3 is 1. The van der Waals surface area contributed by atoms with Gasteiger partial charge in [0.15, 0.2) is 0 Å². The third kappa shape index (κ3) is 7.65. The molecule has 31 heavy (non-hydrogen) atoms. The van der Waals surface area contributed by atoms with Gasteiger partial charge in [0.25, 0.3) is 0 Å². The lowest BCUT2D eigenvalue weighted by molar-refractivity contribution is -0.139. The van der Waals surface area contributed by atoms with Gasteiger partial charge in [-0.2, -0.15) is 0 Å². The molecule has 0 saturated heterocycles. The van der Waals surface area contributed by atoms with Crippen molar-refractivity contribution in [2.75, 3.05) is 33.8 Å². The Morgan fingerprint density at radius 2 is 1.71 bits per heavy atom. The van der Waals surface area contributed by atoms with Crippen molar-refractivity contribution in [1.82, 2.24) is 15.5 Å². The molecular formula is C24H39N3O4. The van der Waals surface area contributed by atoms with E-state index in [1.807, 2.05) is 51.1 Å². The van der Waals surface area contributed by atoms with E-state index in [2.05, 4.69) is 29.2 Å². The van der Waals surface area contributed by atoms with E-state index in [9.17, 15) is 14.4 Å².